The Morgan fingerprint density at radius 3 is 3.15 bits per heavy atom. The van der Waals surface area contributed by atoms with Gasteiger partial charge in [-0.25, -0.2) is 4.98 Å². The molecule has 0 radical (unpaired) electrons. The van der Waals surface area contributed by atoms with Gasteiger partial charge in [-0.1, -0.05) is 6.07 Å². The van der Waals surface area contributed by atoms with Crippen LogP contribution in [-0.4, -0.2) is 22.6 Å². The second-order valence-corrected chi connectivity index (χ2v) is 3.54. The average Bonchev–Trinajstić information content (AvgIpc) is 2.17. The number of hydrogen-bond donors (Lipinski definition) is 0. The van der Waals surface area contributed by atoms with Gasteiger partial charge in [-0.15, -0.1) is 5.06 Å². The van der Waals surface area contributed by atoms with Crippen LogP contribution in [-0.2, 0) is 6.42 Å². The molecule has 0 saturated carbocycles. The van der Waals surface area contributed by atoms with Crippen molar-refractivity contribution in [3.8, 4) is 5.88 Å². The van der Waals surface area contributed by atoms with Crippen molar-refractivity contribution < 1.29 is 4.84 Å². The maximum absolute atomic E-state index is 5.62. The summed E-state index contributed by atoms with van der Waals surface area (Å²) in [4.78, 5) is 9.80. The topological polar surface area (TPSA) is 25.4 Å². The molecule has 0 bridgehead atoms. The molecule has 2 heterocycles. The molecule has 0 N–H and O–H groups in total. The molecule has 0 aromatic carbocycles. The highest BCUT2D eigenvalue weighted by atomic mass is 16.7. The number of rotatable bonds is 1. The molecular weight excluding hydrogens is 164 g/mol. The van der Waals surface area contributed by atoms with Crippen LogP contribution >= 0.6 is 0 Å². The minimum absolute atomic E-state index is 0.412. The van der Waals surface area contributed by atoms with E-state index in [-0.39, 0.29) is 0 Å². The lowest BCUT2D eigenvalue weighted by atomic mass is 10.2. The van der Waals surface area contributed by atoms with Gasteiger partial charge in [0.2, 0.25) is 5.88 Å². The summed E-state index contributed by atoms with van der Waals surface area (Å²) in [7, 11) is 0. The highest BCUT2D eigenvalue weighted by Gasteiger charge is 2.20. The number of nitrogens with zero attached hydrogens (tertiary/aromatic N) is 2. The predicted octanol–water partition coefficient (Wildman–Crippen LogP) is 1.64. The Balaban J connectivity index is 2.20. The molecule has 3 heteroatoms. The van der Waals surface area contributed by atoms with Crippen LogP contribution in [0.4, 0.5) is 0 Å². The Bertz CT molecular complexity index is 299. The van der Waals surface area contributed by atoms with Gasteiger partial charge in [-0.2, -0.15) is 0 Å². The monoisotopic (exact) mass is 178 g/mol. The number of aromatic nitrogens is 1. The standard InChI is InChI=1S/C10H14N2O/c1-8(2)12-7-5-9-4-3-6-11-10(9)13-12/h3-4,6,8H,5,7H2,1-2H3. The van der Waals surface area contributed by atoms with Crippen molar-refractivity contribution >= 4 is 0 Å². The fraction of sp³-hybridized carbons (Fsp3) is 0.500. The van der Waals surface area contributed by atoms with E-state index in [4.69, 9.17) is 4.84 Å². The summed E-state index contributed by atoms with van der Waals surface area (Å²) in [5.41, 5.74) is 1.21. The van der Waals surface area contributed by atoms with Crippen molar-refractivity contribution in [2.24, 2.45) is 0 Å². The van der Waals surface area contributed by atoms with E-state index in [0.717, 1.165) is 18.8 Å². The van der Waals surface area contributed by atoms with Gasteiger partial charge in [0, 0.05) is 24.3 Å². The molecule has 3 nitrogen and oxygen atoms in total. The van der Waals surface area contributed by atoms with Gasteiger partial charge >= 0.3 is 0 Å². The third-order valence-electron chi connectivity index (χ3n) is 2.23. The number of pyridine rings is 1. The van der Waals surface area contributed by atoms with E-state index >= 15 is 0 Å². The van der Waals surface area contributed by atoms with Gasteiger partial charge in [-0.05, 0) is 26.3 Å². The van der Waals surface area contributed by atoms with Crippen LogP contribution < -0.4 is 4.84 Å². The smallest absolute Gasteiger partial charge is 0.241 e. The molecule has 1 aromatic heterocycles. The Hall–Kier alpha value is -1.09. The first-order valence-electron chi connectivity index (χ1n) is 4.66. The fourth-order valence-electron chi connectivity index (χ4n) is 1.45. The zero-order valence-corrected chi connectivity index (χ0v) is 8.03. The van der Waals surface area contributed by atoms with Crippen LogP contribution in [0.15, 0.2) is 18.3 Å². The van der Waals surface area contributed by atoms with Crippen LogP contribution in [0.3, 0.4) is 0 Å². The van der Waals surface area contributed by atoms with Gasteiger partial charge in [-0.3, -0.25) is 0 Å². The van der Waals surface area contributed by atoms with E-state index in [1.54, 1.807) is 6.20 Å². The van der Waals surface area contributed by atoms with Crippen molar-refractivity contribution in [1.29, 1.82) is 0 Å². The number of hydroxylamine groups is 2. The van der Waals surface area contributed by atoms with E-state index in [0.29, 0.717) is 6.04 Å². The molecule has 0 amide bonds. The normalized spacial score (nSPS) is 16.8. The van der Waals surface area contributed by atoms with Gasteiger partial charge in [0.25, 0.3) is 0 Å². The maximum Gasteiger partial charge on any atom is 0.241 e. The fourth-order valence-corrected chi connectivity index (χ4v) is 1.45. The molecule has 0 unspecified atom stereocenters. The van der Waals surface area contributed by atoms with E-state index < -0.39 is 0 Å². The van der Waals surface area contributed by atoms with Crippen LogP contribution in [0, 0.1) is 0 Å². The van der Waals surface area contributed by atoms with Gasteiger partial charge in [0.15, 0.2) is 0 Å². The van der Waals surface area contributed by atoms with E-state index in [1.165, 1.54) is 5.56 Å². The molecule has 1 aliphatic rings. The number of fused-ring (bicyclic) bond motifs is 1. The molecule has 70 valence electrons. The third-order valence-corrected chi connectivity index (χ3v) is 2.23. The minimum Gasteiger partial charge on any atom is -0.385 e. The second kappa shape index (κ2) is 3.34. The summed E-state index contributed by atoms with van der Waals surface area (Å²) in [6, 6.07) is 4.43. The summed E-state index contributed by atoms with van der Waals surface area (Å²) >= 11 is 0. The van der Waals surface area contributed by atoms with Gasteiger partial charge < -0.3 is 4.84 Å². The van der Waals surface area contributed by atoms with Gasteiger partial charge in [0.05, 0.1) is 0 Å². The van der Waals surface area contributed by atoms with Crippen LogP contribution in [0.1, 0.15) is 19.4 Å². The van der Waals surface area contributed by atoms with E-state index in [2.05, 4.69) is 24.9 Å². The lowest BCUT2D eigenvalue weighted by Gasteiger charge is -2.30. The Labute approximate surface area is 78.3 Å². The minimum atomic E-state index is 0.412. The van der Waals surface area contributed by atoms with E-state index in [1.807, 2.05) is 11.1 Å². The Morgan fingerprint density at radius 1 is 1.54 bits per heavy atom. The van der Waals surface area contributed by atoms with Crippen molar-refractivity contribution in [2.75, 3.05) is 6.54 Å². The maximum atomic E-state index is 5.62. The Morgan fingerprint density at radius 2 is 2.38 bits per heavy atom. The molecule has 0 atom stereocenters. The van der Waals surface area contributed by atoms with Crippen LogP contribution in [0.25, 0.3) is 0 Å². The molecule has 0 saturated heterocycles. The largest absolute Gasteiger partial charge is 0.385 e. The lowest BCUT2D eigenvalue weighted by Crippen LogP contribution is -2.39. The van der Waals surface area contributed by atoms with Crippen molar-refractivity contribution in [3.05, 3.63) is 23.9 Å². The first kappa shape index (κ1) is 8.51. The average molecular weight is 178 g/mol. The molecule has 0 spiro atoms. The van der Waals surface area contributed by atoms with Crippen molar-refractivity contribution in [1.82, 2.24) is 10.0 Å². The lowest BCUT2D eigenvalue weighted by molar-refractivity contribution is -0.0982. The highest BCUT2D eigenvalue weighted by molar-refractivity contribution is 5.26. The van der Waals surface area contributed by atoms with Crippen molar-refractivity contribution in [3.63, 3.8) is 0 Å². The molecule has 0 fully saturated rings. The Kier molecular flexibility index (Phi) is 2.19. The molecular formula is C10H14N2O. The SMILES string of the molecule is CC(C)N1CCc2cccnc2O1. The summed E-state index contributed by atoms with van der Waals surface area (Å²) < 4.78 is 0. The van der Waals surface area contributed by atoms with Crippen molar-refractivity contribution in [2.45, 2.75) is 26.3 Å². The molecule has 1 aromatic rings. The zero-order chi connectivity index (χ0) is 9.26. The summed E-state index contributed by atoms with van der Waals surface area (Å²) in [6.07, 6.45) is 2.80. The second-order valence-electron chi connectivity index (χ2n) is 3.54. The third kappa shape index (κ3) is 1.65. The molecule has 2 rings (SSSR count). The van der Waals surface area contributed by atoms with Crippen LogP contribution in [0.5, 0.6) is 5.88 Å². The quantitative estimate of drug-likeness (QED) is 0.653. The molecule has 0 aliphatic carbocycles. The van der Waals surface area contributed by atoms with E-state index in [9.17, 15) is 0 Å². The summed E-state index contributed by atoms with van der Waals surface area (Å²) in [5.74, 6) is 0.766. The van der Waals surface area contributed by atoms with Crippen LogP contribution in [0.2, 0.25) is 0 Å². The predicted molar refractivity (Wildman–Crippen MR) is 50.4 cm³/mol. The first-order chi connectivity index (χ1) is 6.27. The first-order valence-corrected chi connectivity index (χ1v) is 4.66. The highest BCUT2D eigenvalue weighted by Crippen LogP contribution is 2.22. The van der Waals surface area contributed by atoms with Gasteiger partial charge in [0.1, 0.15) is 0 Å². The molecule has 13 heavy (non-hydrogen) atoms. The summed E-state index contributed by atoms with van der Waals surface area (Å²) in [6.45, 7) is 5.19. The zero-order valence-electron chi connectivity index (χ0n) is 8.03. The summed E-state index contributed by atoms with van der Waals surface area (Å²) in [5, 5.41) is 1.97. The molecule has 1 aliphatic heterocycles. The number of hydrogen-bond acceptors (Lipinski definition) is 3.